The van der Waals surface area contributed by atoms with Crippen LogP contribution >= 0.6 is 0 Å². The van der Waals surface area contributed by atoms with Crippen LogP contribution in [0.25, 0.3) is 0 Å². The first-order chi connectivity index (χ1) is 9.32. The Kier molecular flexibility index (Phi) is 9.60. The van der Waals surface area contributed by atoms with Crippen molar-refractivity contribution in [3.8, 4) is 0 Å². The summed E-state index contributed by atoms with van der Waals surface area (Å²) in [6.45, 7) is 5.99. The maximum absolute atomic E-state index is 10.4. The van der Waals surface area contributed by atoms with Crippen LogP contribution in [0.3, 0.4) is 0 Å². The quantitative estimate of drug-likeness (QED) is 0.272. The number of allylic oxidation sites excluding steroid dienone is 1. The van der Waals surface area contributed by atoms with Gasteiger partial charge in [-0.2, -0.15) is 0 Å². The molecule has 0 aliphatic heterocycles. The predicted octanol–water partition coefficient (Wildman–Crippen LogP) is 3.50. The summed E-state index contributed by atoms with van der Waals surface area (Å²) >= 11 is 0. The largest absolute Gasteiger partial charge is 0.501 e. The van der Waals surface area contributed by atoms with E-state index >= 15 is 0 Å². The molecule has 0 aromatic heterocycles. The Morgan fingerprint density at radius 3 is 2.40 bits per heavy atom. The molecule has 0 heterocycles. The number of methoxy groups -OCH3 is 1. The van der Waals surface area contributed by atoms with E-state index in [-0.39, 0.29) is 12.1 Å². The molecule has 0 rings (SSSR count). The molecule has 3 heteroatoms. The molecule has 20 heavy (non-hydrogen) atoms. The monoisotopic (exact) mass is 284 g/mol. The third-order valence-electron chi connectivity index (χ3n) is 3.72. The molecule has 0 aliphatic rings. The van der Waals surface area contributed by atoms with Gasteiger partial charge in [-0.25, -0.2) is 0 Å². The minimum atomic E-state index is -0.293. The highest BCUT2D eigenvalue weighted by molar-refractivity contribution is 4.96. The van der Waals surface area contributed by atoms with Gasteiger partial charge in [-0.15, -0.1) is 0 Å². The molecular weight excluding hydrogens is 250 g/mol. The van der Waals surface area contributed by atoms with E-state index in [2.05, 4.69) is 34.6 Å². The van der Waals surface area contributed by atoms with Crippen molar-refractivity contribution in [2.24, 2.45) is 0 Å². The number of unbranched alkanes of at least 4 members (excludes halogenated alkanes) is 2. The van der Waals surface area contributed by atoms with Crippen LogP contribution in [0, 0.1) is 0 Å². The van der Waals surface area contributed by atoms with Gasteiger partial charge in [-0.1, -0.05) is 38.5 Å². The Hall–Kier alpha value is -0.800. The summed E-state index contributed by atoms with van der Waals surface area (Å²) in [7, 11) is 8.12. The molecule has 0 saturated carbocycles. The molecule has 2 unspecified atom stereocenters. The van der Waals surface area contributed by atoms with Crippen LogP contribution in [0.4, 0.5) is 0 Å². The Balaban J connectivity index is 4.33. The van der Waals surface area contributed by atoms with Crippen molar-refractivity contribution in [2.45, 2.75) is 57.6 Å². The van der Waals surface area contributed by atoms with Crippen LogP contribution in [0.1, 0.15) is 45.4 Å². The van der Waals surface area contributed by atoms with Crippen molar-refractivity contribution in [2.75, 3.05) is 28.3 Å². The molecule has 0 fully saturated rings. The van der Waals surface area contributed by atoms with Crippen LogP contribution < -0.4 is 0 Å². The summed E-state index contributed by atoms with van der Waals surface area (Å²) in [4.78, 5) is 0. The van der Waals surface area contributed by atoms with Gasteiger partial charge in [0, 0.05) is 12.8 Å². The summed E-state index contributed by atoms with van der Waals surface area (Å²) in [6.07, 6.45) is 9.92. The maximum Gasteiger partial charge on any atom is 0.115 e. The lowest BCUT2D eigenvalue weighted by molar-refractivity contribution is -0.900. The molecule has 2 atom stereocenters. The third kappa shape index (κ3) is 8.39. The van der Waals surface area contributed by atoms with E-state index in [0.29, 0.717) is 12.8 Å². The average Bonchev–Trinajstić information content (AvgIpc) is 2.37. The van der Waals surface area contributed by atoms with E-state index in [1.807, 2.05) is 12.2 Å². The minimum absolute atomic E-state index is 0.289. The van der Waals surface area contributed by atoms with Crippen LogP contribution in [-0.2, 0) is 4.74 Å². The summed E-state index contributed by atoms with van der Waals surface area (Å²) in [5, 5.41) is 10.4. The molecular formula is C17H34NO2+. The third-order valence-corrected chi connectivity index (χ3v) is 3.72. The van der Waals surface area contributed by atoms with Crippen molar-refractivity contribution < 1.29 is 14.3 Å². The number of aliphatic hydroxyl groups excluding tert-OH is 1. The lowest BCUT2D eigenvalue weighted by atomic mass is 9.98. The molecule has 0 spiro atoms. The van der Waals surface area contributed by atoms with Crippen LogP contribution in [0.15, 0.2) is 24.5 Å². The fourth-order valence-corrected chi connectivity index (χ4v) is 2.39. The number of quaternary nitrogens is 1. The molecule has 0 aliphatic carbocycles. The molecule has 0 saturated heterocycles. The normalized spacial score (nSPS) is 15.3. The van der Waals surface area contributed by atoms with Crippen molar-refractivity contribution in [1.82, 2.24) is 0 Å². The number of rotatable bonds is 11. The van der Waals surface area contributed by atoms with Gasteiger partial charge in [-0.3, -0.25) is 0 Å². The van der Waals surface area contributed by atoms with E-state index in [9.17, 15) is 5.11 Å². The number of hydrogen-bond acceptors (Lipinski definition) is 2. The van der Waals surface area contributed by atoms with E-state index in [1.165, 1.54) is 19.3 Å². The number of ether oxygens (including phenoxy) is 1. The van der Waals surface area contributed by atoms with Crippen molar-refractivity contribution in [1.29, 1.82) is 0 Å². The molecule has 1 N–H and O–H groups in total. The number of likely N-dealkylation sites (N-methyl/N-ethyl adjacent to an activating group) is 1. The summed E-state index contributed by atoms with van der Waals surface area (Å²) in [5.41, 5.74) is 0. The van der Waals surface area contributed by atoms with E-state index in [4.69, 9.17) is 4.74 Å². The Morgan fingerprint density at radius 1 is 1.25 bits per heavy atom. The second kappa shape index (κ2) is 10.0. The molecule has 0 radical (unpaired) electrons. The number of aliphatic hydroxyl groups is 1. The summed E-state index contributed by atoms with van der Waals surface area (Å²) in [6, 6.07) is 0.289. The van der Waals surface area contributed by atoms with Gasteiger partial charge < -0.3 is 14.3 Å². The van der Waals surface area contributed by atoms with Gasteiger partial charge in [0.05, 0.1) is 34.0 Å². The predicted molar refractivity (Wildman–Crippen MR) is 86.5 cm³/mol. The zero-order valence-electron chi connectivity index (χ0n) is 14.1. The summed E-state index contributed by atoms with van der Waals surface area (Å²) in [5.74, 6) is 0.752. The fourth-order valence-electron chi connectivity index (χ4n) is 2.39. The van der Waals surface area contributed by atoms with E-state index < -0.39 is 0 Å². The molecule has 0 aromatic rings. The lowest BCUT2D eigenvalue weighted by Crippen LogP contribution is -2.51. The highest BCUT2D eigenvalue weighted by atomic mass is 16.5. The second-order valence-electron chi connectivity index (χ2n) is 6.40. The van der Waals surface area contributed by atoms with Crippen LogP contribution in [0.2, 0.25) is 0 Å². The standard InChI is InChI=1S/C17H34NO2/c1-7-8-9-13-16(18(3,4)5)17(19)14-11-10-12-15(2)20-6/h10-11,16-17,19H,2,7-9,12-14H2,1,3-6H3/q+1. The topological polar surface area (TPSA) is 29.5 Å². The molecule has 0 bridgehead atoms. The van der Waals surface area contributed by atoms with Crippen LogP contribution in [-0.4, -0.2) is 50.0 Å². The smallest absolute Gasteiger partial charge is 0.115 e. The number of hydrogen-bond donors (Lipinski definition) is 1. The minimum Gasteiger partial charge on any atom is -0.501 e. The average molecular weight is 284 g/mol. The van der Waals surface area contributed by atoms with E-state index in [0.717, 1.165) is 16.7 Å². The van der Waals surface area contributed by atoms with Crippen molar-refractivity contribution >= 4 is 0 Å². The van der Waals surface area contributed by atoms with Crippen molar-refractivity contribution in [3.05, 3.63) is 24.5 Å². The number of nitrogens with zero attached hydrogens (tertiary/aromatic N) is 1. The summed E-state index contributed by atoms with van der Waals surface area (Å²) < 4.78 is 5.82. The first-order valence-corrected chi connectivity index (χ1v) is 7.68. The fraction of sp³-hybridized carbons (Fsp3) is 0.765. The van der Waals surface area contributed by atoms with Crippen molar-refractivity contribution in [3.63, 3.8) is 0 Å². The first kappa shape index (κ1) is 19.2. The molecule has 3 nitrogen and oxygen atoms in total. The highest BCUT2D eigenvalue weighted by Crippen LogP contribution is 2.19. The highest BCUT2D eigenvalue weighted by Gasteiger charge is 2.29. The van der Waals surface area contributed by atoms with Gasteiger partial charge >= 0.3 is 0 Å². The Morgan fingerprint density at radius 2 is 1.90 bits per heavy atom. The van der Waals surface area contributed by atoms with Gasteiger partial charge in [0.25, 0.3) is 0 Å². The SMILES string of the molecule is C=C(CC=CCC(O)C(CCCCC)[N+](C)(C)C)OC. The van der Waals surface area contributed by atoms with Crippen LogP contribution in [0.5, 0.6) is 0 Å². The van der Waals surface area contributed by atoms with E-state index in [1.54, 1.807) is 7.11 Å². The molecule has 0 amide bonds. The van der Waals surface area contributed by atoms with Gasteiger partial charge in [-0.05, 0) is 12.8 Å². The second-order valence-corrected chi connectivity index (χ2v) is 6.40. The van der Waals surface area contributed by atoms with Gasteiger partial charge in [0.1, 0.15) is 12.1 Å². The zero-order chi connectivity index (χ0) is 15.6. The first-order valence-electron chi connectivity index (χ1n) is 7.68. The van der Waals surface area contributed by atoms with Gasteiger partial charge in [0.15, 0.2) is 0 Å². The Bertz CT molecular complexity index is 292. The zero-order valence-corrected chi connectivity index (χ0v) is 14.1. The molecule has 0 aromatic carbocycles. The van der Waals surface area contributed by atoms with Gasteiger partial charge in [0.2, 0.25) is 0 Å². The Labute approximate surface area is 125 Å². The maximum atomic E-state index is 10.4. The lowest BCUT2D eigenvalue weighted by Gasteiger charge is -2.37. The molecule has 118 valence electrons.